The number of benzene rings is 3. The summed E-state index contributed by atoms with van der Waals surface area (Å²) in [7, 11) is 0. The van der Waals surface area contributed by atoms with Crippen molar-refractivity contribution in [3.63, 3.8) is 0 Å². The van der Waals surface area contributed by atoms with Gasteiger partial charge in [-0.2, -0.15) is 0 Å². The molecule has 6 rings (SSSR count). The molecule has 4 aromatic rings. The van der Waals surface area contributed by atoms with Gasteiger partial charge < -0.3 is 39.8 Å². The van der Waals surface area contributed by atoms with Crippen LogP contribution in [0.1, 0.15) is 38.8 Å². The molecule has 3 amide bonds. The topological polar surface area (TPSA) is 191 Å². The van der Waals surface area contributed by atoms with Gasteiger partial charge in [0.2, 0.25) is 5.91 Å². The number of carbonyl (C=O) groups excluding carboxylic acids is 3. The number of aliphatic carboxylic acids is 1. The molecular weight excluding hydrogens is 741 g/mol. The van der Waals surface area contributed by atoms with Gasteiger partial charge in [-0.1, -0.05) is 54.4 Å². The van der Waals surface area contributed by atoms with Crippen LogP contribution in [0.3, 0.4) is 0 Å². The van der Waals surface area contributed by atoms with Crippen molar-refractivity contribution in [2.75, 3.05) is 13.1 Å². The maximum Gasteiger partial charge on any atom is 0.415 e. The van der Waals surface area contributed by atoms with E-state index in [0.29, 0.717) is 37.6 Å². The number of fused-ring (bicyclic) bond motifs is 2. The van der Waals surface area contributed by atoms with Crippen molar-refractivity contribution < 1.29 is 38.9 Å². The number of aromatic amines is 1. The van der Waals surface area contributed by atoms with Gasteiger partial charge in [0.25, 0.3) is 5.56 Å². The first-order chi connectivity index (χ1) is 25.7. The van der Waals surface area contributed by atoms with Crippen molar-refractivity contribution in [3.8, 4) is 17.1 Å². The average Bonchev–Trinajstić information content (AvgIpc) is 3.39. The van der Waals surface area contributed by atoms with Crippen LogP contribution in [0.25, 0.3) is 27.9 Å². The van der Waals surface area contributed by atoms with Gasteiger partial charge in [0.15, 0.2) is 0 Å². The Morgan fingerprint density at radius 3 is 2.39 bits per heavy atom. The summed E-state index contributed by atoms with van der Waals surface area (Å²) >= 11 is 12.3. The highest BCUT2D eigenvalue weighted by molar-refractivity contribution is 6.31. The lowest BCUT2D eigenvalue weighted by Gasteiger charge is -2.46. The van der Waals surface area contributed by atoms with Crippen LogP contribution in [0, 0.1) is 11.8 Å². The summed E-state index contributed by atoms with van der Waals surface area (Å²) in [6.07, 6.45) is -2.34. The number of H-pyrrole nitrogens is 1. The molecule has 1 fully saturated rings. The molecule has 3 heterocycles. The van der Waals surface area contributed by atoms with E-state index in [-0.39, 0.29) is 48.4 Å². The highest BCUT2D eigenvalue weighted by atomic mass is 35.5. The normalized spacial score (nSPS) is 18.8. The van der Waals surface area contributed by atoms with Gasteiger partial charge in [0.1, 0.15) is 23.9 Å². The molecule has 4 N–H and O–H groups in total. The largest absolute Gasteiger partial charge is 0.477 e. The van der Waals surface area contributed by atoms with E-state index < -0.39 is 53.7 Å². The summed E-state index contributed by atoms with van der Waals surface area (Å²) in [5, 5.41) is 23.7. The summed E-state index contributed by atoms with van der Waals surface area (Å²) in [4.78, 5) is 73.6. The highest BCUT2D eigenvalue weighted by Crippen LogP contribution is 2.50. The third-order valence-electron chi connectivity index (χ3n) is 9.72. The molecule has 14 nitrogen and oxygen atoms in total. The molecule has 282 valence electrons. The lowest BCUT2D eigenvalue weighted by molar-refractivity contribution is -0.163. The first kappa shape index (κ1) is 38.3. The standard InChI is InChI=1S/C38H37Cl2N5O9/c1-5-44(38(52)54-28-13-11-24(40)15-26(28)33-42-27-12-10-23(39)14-25(27)34(47)43-33)18(2)16-41-37(51)53-17-21-6-8-22(9-7-21)29-19(3)31-30(20(4)46)35(48)45(31)32(29)36(49)50/h6-15,18-20,30-31,46H,5,16-17H2,1-4H3,(H,41,51)(H,49,50)(H,42,43,47). The molecule has 5 atom stereocenters. The number of aromatic nitrogens is 2. The Hall–Kier alpha value is -5.44. The number of nitrogens with zero attached hydrogens (tertiary/aromatic N) is 3. The van der Waals surface area contributed by atoms with Gasteiger partial charge in [0.05, 0.1) is 34.5 Å². The Labute approximate surface area is 319 Å². The SMILES string of the molecule is CCN(C(=O)Oc1ccc(Cl)cc1-c1nc2ccc(Cl)cc2c(=O)[nH]1)C(C)CNC(=O)OCc1ccc(C2=C(C(=O)O)N3C(=O)C(C(C)O)C3C2C)cc1. The van der Waals surface area contributed by atoms with Gasteiger partial charge in [0, 0.05) is 35.1 Å². The number of aliphatic hydroxyl groups is 1. The van der Waals surface area contributed by atoms with E-state index in [0.717, 1.165) is 0 Å². The van der Waals surface area contributed by atoms with E-state index in [1.165, 1.54) is 41.0 Å². The fraction of sp³-hybridized carbons (Fsp3) is 0.316. The fourth-order valence-corrected chi connectivity index (χ4v) is 7.41. The number of rotatable bonds is 11. The van der Waals surface area contributed by atoms with Crippen LogP contribution in [0.5, 0.6) is 5.75 Å². The minimum absolute atomic E-state index is 0.0319. The summed E-state index contributed by atoms with van der Waals surface area (Å²) < 4.78 is 11.1. The van der Waals surface area contributed by atoms with Crippen LogP contribution in [0.15, 0.2) is 71.2 Å². The zero-order valence-electron chi connectivity index (χ0n) is 29.6. The number of carboxylic acids is 1. The number of hydrogen-bond acceptors (Lipinski definition) is 9. The Balaban J connectivity index is 1.06. The summed E-state index contributed by atoms with van der Waals surface area (Å²) in [5.41, 5.74) is 1.89. The van der Waals surface area contributed by atoms with Crippen molar-refractivity contribution in [1.82, 2.24) is 25.1 Å². The van der Waals surface area contributed by atoms with E-state index in [2.05, 4.69) is 15.3 Å². The number of halogens is 2. The van der Waals surface area contributed by atoms with Crippen molar-refractivity contribution in [2.24, 2.45) is 11.8 Å². The number of carboxylic acid groups (broad SMARTS) is 1. The predicted octanol–water partition coefficient (Wildman–Crippen LogP) is 5.69. The molecule has 0 bridgehead atoms. The molecule has 0 aliphatic carbocycles. The molecule has 1 saturated heterocycles. The van der Waals surface area contributed by atoms with Gasteiger partial charge in [-0.25, -0.2) is 19.4 Å². The quantitative estimate of drug-likeness (QED) is 0.138. The monoisotopic (exact) mass is 777 g/mol. The number of alkyl carbamates (subject to hydrolysis) is 1. The number of carbonyl (C=O) groups is 4. The molecule has 1 aromatic heterocycles. The van der Waals surface area contributed by atoms with E-state index in [9.17, 15) is 34.2 Å². The predicted molar refractivity (Wildman–Crippen MR) is 200 cm³/mol. The Morgan fingerprint density at radius 1 is 1.04 bits per heavy atom. The van der Waals surface area contributed by atoms with Gasteiger partial charge in [-0.05, 0) is 73.9 Å². The van der Waals surface area contributed by atoms with Crippen LogP contribution in [-0.2, 0) is 20.9 Å². The second-order valence-corrected chi connectivity index (χ2v) is 14.1. The fourth-order valence-electron chi connectivity index (χ4n) is 7.06. The third kappa shape index (κ3) is 7.36. The number of β-lactam (4-membered cyclic amide) rings is 1. The lowest BCUT2D eigenvalue weighted by atomic mass is 9.77. The number of likely N-dealkylation sites (N-methyl/N-ethyl adjacent to an activating group) is 1. The summed E-state index contributed by atoms with van der Waals surface area (Å²) in [6.45, 7) is 7.03. The summed E-state index contributed by atoms with van der Waals surface area (Å²) in [6, 6.07) is 15.1. The van der Waals surface area contributed by atoms with Gasteiger partial charge in [-0.15, -0.1) is 0 Å². The van der Waals surface area contributed by atoms with Crippen molar-refractivity contribution in [1.29, 1.82) is 0 Å². The van der Waals surface area contributed by atoms with Crippen LogP contribution >= 0.6 is 23.2 Å². The minimum Gasteiger partial charge on any atom is -0.477 e. The maximum absolute atomic E-state index is 13.4. The molecule has 0 spiro atoms. The first-order valence-corrected chi connectivity index (χ1v) is 17.9. The molecule has 3 aromatic carbocycles. The number of aliphatic hydroxyl groups excluding tert-OH is 1. The number of nitrogens with one attached hydrogen (secondary N) is 2. The number of amides is 3. The maximum atomic E-state index is 13.4. The molecular formula is C38H37Cl2N5O9. The molecule has 5 unspecified atom stereocenters. The minimum atomic E-state index is -1.22. The van der Waals surface area contributed by atoms with Crippen LogP contribution in [0.2, 0.25) is 10.0 Å². The number of hydrogen-bond donors (Lipinski definition) is 4. The van der Waals surface area contributed by atoms with Crippen molar-refractivity contribution in [2.45, 2.75) is 52.5 Å². The molecule has 2 aliphatic heterocycles. The second kappa shape index (κ2) is 15.5. The van der Waals surface area contributed by atoms with E-state index in [4.69, 9.17) is 32.7 Å². The summed E-state index contributed by atoms with van der Waals surface area (Å²) in [5.74, 6) is -2.37. The van der Waals surface area contributed by atoms with Crippen molar-refractivity contribution >= 4 is 63.7 Å². The smallest absolute Gasteiger partial charge is 0.415 e. The van der Waals surface area contributed by atoms with E-state index in [1.54, 1.807) is 50.2 Å². The van der Waals surface area contributed by atoms with Crippen LogP contribution in [0.4, 0.5) is 9.59 Å². The average molecular weight is 779 g/mol. The van der Waals surface area contributed by atoms with Gasteiger partial charge >= 0.3 is 18.2 Å². The Kier molecular flexibility index (Phi) is 11.0. The van der Waals surface area contributed by atoms with Crippen LogP contribution < -0.4 is 15.6 Å². The molecule has 0 radical (unpaired) electrons. The molecule has 2 aliphatic rings. The Morgan fingerprint density at radius 2 is 1.72 bits per heavy atom. The van der Waals surface area contributed by atoms with Crippen LogP contribution in [-0.4, -0.2) is 85.3 Å². The van der Waals surface area contributed by atoms with E-state index >= 15 is 0 Å². The first-order valence-electron chi connectivity index (χ1n) is 17.2. The number of ether oxygens (including phenoxy) is 2. The van der Waals surface area contributed by atoms with Gasteiger partial charge in [-0.3, -0.25) is 9.59 Å². The lowest BCUT2D eigenvalue weighted by Crippen LogP contribution is -2.63. The van der Waals surface area contributed by atoms with Crippen molar-refractivity contribution in [3.05, 3.63) is 97.9 Å². The Bertz CT molecular complexity index is 2240. The molecule has 16 heteroatoms. The zero-order chi connectivity index (χ0) is 39.0. The highest BCUT2D eigenvalue weighted by Gasteiger charge is 2.60. The third-order valence-corrected chi connectivity index (χ3v) is 10.2. The zero-order valence-corrected chi connectivity index (χ0v) is 31.1. The second-order valence-electron chi connectivity index (χ2n) is 13.2. The van der Waals surface area contributed by atoms with E-state index in [1.807, 2.05) is 6.92 Å². The molecule has 54 heavy (non-hydrogen) atoms. The molecule has 0 saturated carbocycles.